The van der Waals surface area contributed by atoms with Crippen molar-refractivity contribution in [2.75, 3.05) is 13.1 Å². The predicted molar refractivity (Wildman–Crippen MR) is 123 cm³/mol. The molecule has 5 rings (SSSR count). The van der Waals surface area contributed by atoms with E-state index in [1.165, 1.54) is 0 Å². The highest BCUT2D eigenvalue weighted by Gasteiger charge is 2.31. The SMILES string of the molecule is O=C(C(Sc1ccccc1)c1ccccc1)N1CCC(c2nnc3ccccn23)CC1. The fourth-order valence-corrected chi connectivity index (χ4v) is 5.32. The van der Waals surface area contributed by atoms with Crippen LogP contribution in [-0.2, 0) is 4.79 Å². The van der Waals surface area contributed by atoms with Gasteiger partial charge in [0.25, 0.3) is 0 Å². The largest absolute Gasteiger partial charge is 0.341 e. The first-order chi connectivity index (χ1) is 15.3. The number of thioether (sulfide) groups is 1. The zero-order chi connectivity index (χ0) is 21.0. The van der Waals surface area contributed by atoms with Crippen molar-refractivity contribution in [3.8, 4) is 0 Å². The maximum Gasteiger partial charge on any atom is 0.240 e. The summed E-state index contributed by atoms with van der Waals surface area (Å²) in [6.07, 6.45) is 3.82. The topological polar surface area (TPSA) is 50.5 Å². The van der Waals surface area contributed by atoms with Crippen LogP contribution in [0, 0.1) is 0 Å². The van der Waals surface area contributed by atoms with Crippen LogP contribution in [0.15, 0.2) is 90.0 Å². The summed E-state index contributed by atoms with van der Waals surface area (Å²) in [6, 6.07) is 26.2. The summed E-state index contributed by atoms with van der Waals surface area (Å²) in [6.45, 7) is 1.48. The first-order valence-electron chi connectivity index (χ1n) is 10.6. The Balaban J connectivity index is 1.32. The second-order valence-corrected chi connectivity index (χ2v) is 8.99. The van der Waals surface area contributed by atoms with E-state index in [0.717, 1.165) is 47.9 Å². The number of carbonyl (C=O) groups is 1. The van der Waals surface area contributed by atoms with Crippen molar-refractivity contribution >= 4 is 23.3 Å². The van der Waals surface area contributed by atoms with Crippen molar-refractivity contribution in [3.05, 3.63) is 96.4 Å². The van der Waals surface area contributed by atoms with E-state index in [1.54, 1.807) is 11.8 Å². The molecule has 2 aromatic heterocycles. The number of pyridine rings is 1. The number of nitrogens with zero attached hydrogens (tertiary/aromatic N) is 4. The second-order valence-electron chi connectivity index (χ2n) is 7.81. The van der Waals surface area contributed by atoms with E-state index in [0.29, 0.717) is 5.92 Å². The molecule has 6 heteroatoms. The minimum Gasteiger partial charge on any atom is -0.341 e. The molecule has 5 nitrogen and oxygen atoms in total. The van der Waals surface area contributed by atoms with Crippen LogP contribution in [0.2, 0.25) is 0 Å². The molecule has 156 valence electrons. The van der Waals surface area contributed by atoms with Gasteiger partial charge in [-0.15, -0.1) is 22.0 Å². The normalized spacial score (nSPS) is 15.8. The Labute approximate surface area is 186 Å². The standard InChI is InChI=1S/C25H24N4OS/c30-25(23(19-9-3-1-4-10-19)31-21-11-5-2-6-12-21)28-17-14-20(15-18-28)24-27-26-22-13-7-8-16-29(22)24/h1-13,16,20,23H,14-15,17-18H2. The predicted octanol–water partition coefficient (Wildman–Crippen LogP) is 4.97. The minimum absolute atomic E-state index is 0.185. The summed E-state index contributed by atoms with van der Waals surface area (Å²) in [7, 11) is 0. The molecule has 2 aromatic carbocycles. The van der Waals surface area contributed by atoms with E-state index in [4.69, 9.17) is 0 Å². The number of hydrogen-bond acceptors (Lipinski definition) is 4. The van der Waals surface area contributed by atoms with Crippen molar-refractivity contribution in [2.45, 2.75) is 28.9 Å². The molecule has 1 saturated heterocycles. The zero-order valence-electron chi connectivity index (χ0n) is 17.2. The molecule has 1 atom stereocenters. The Kier molecular flexibility index (Phi) is 5.71. The Morgan fingerprint density at radius 2 is 1.55 bits per heavy atom. The van der Waals surface area contributed by atoms with Gasteiger partial charge in [0.2, 0.25) is 5.91 Å². The van der Waals surface area contributed by atoms with E-state index in [2.05, 4.69) is 26.7 Å². The fourth-order valence-electron chi connectivity index (χ4n) is 4.19. The summed E-state index contributed by atoms with van der Waals surface area (Å²) in [5.41, 5.74) is 1.92. The maximum atomic E-state index is 13.6. The average molecular weight is 429 g/mol. The van der Waals surface area contributed by atoms with Crippen LogP contribution in [0.1, 0.15) is 35.4 Å². The number of hydrogen-bond donors (Lipinski definition) is 0. The zero-order valence-corrected chi connectivity index (χ0v) is 18.0. The molecule has 31 heavy (non-hydrogen) atoms. The summed E-state index contributed by atoms with van der Waals surface area (Å²) in [4.78, 5) is 16.7. The van der Waals surface area contributed by atoms with Gasteiger partial charge in [-0.2, -0.15) is 0 Å². The van der Waals surface area contributed by atoms with Crippen molar-refractivity contribution < 1.29 is 4.79 Å². The van der Waals surface area contributed by atoms with Gasteiger partial charge < -0.3 is 4.90 Å². The number of benzene rings is 2. The van der Waals surface area contributed by atoms with E-state index in [1.807, 2.05) is 77.8 Å². The smallest absolute Gasteiger partial charge is 0.240 e. The van der Waals surface area contributed by atoms with Crippen LogP contribution in [0.4, 0.5) is 0 Å². The van der Waals surface area contributed by atoms with Gasteiger partial charge in [-0.3, -0.25) is 9.20 Å². The van der Waals surface area contributed by atoms with Crippen LogP contribution in [0.5, 0.6) is 0 Å². The lowest BCUT2D eigenvalue weighted by atomic mass is 9.95. The minimum atomic E-state index is -0.242. The van der Waals surface area contributed by atoms with E-state index < -0.39 is 0 Å². The molecule has 0 aliphatic carbocycles. The highest BCUT2D eigenvalue weighted by molar-refractivity contribution is 8.00. The lowest BCUT2D eigenvalue weighted by Crippen LogP contribution is -2.40. The molecule has 1 unspecified atom stereocenters. The van der Waals surface area contributed by atoms with Gasteiger partial charge in [0.1, 0.15) is 11.1 Å². The molecule has 1 fully saturated rings. The summed E-state index contributed by atoms with van der Waals surface area (Å²) in [5, 5.41) is 8.48. The van der Waals surface area contributed by atoms with Gasteiger partial charge in [0, 0.05) is 30.1 Å². The van der Waals surface area contributed by atoms with Crippen molar-refractivity contribution in [1.82, 2.24) is 19.5 Å². The van der Waals surface area contributed by atoms with Crippen LogP contribution in [-0.4, -0.2) is 38.5 Å². The summed E-state index contributed by atoms with van der Waals surface area (Å²) >= 11 is 1.63. The van der Waals surface area contributed by atoms with Crippen LogP contribution in [0.3, 0.4) is 0 Å². The van der Waals surface area contributed by atoms with Crippen molar-refractivity contribution in [3.63, 3.8) is 0 Å². The Bertz CT molecular complexity index is 1150. The van der Waals surface area contributed by atoms with Crippen molar-refractivity contribution in [2.24, 2.45) is 0 Å². The fraction of sp³-hybridized carbons (Fsp3) is 0.240. The molecule has 1 amide bonds. The number of amides is 1. The Morgan fingerprint density at radius 3 is 2.29 bits per heavy atom. The first kappa shape index (κ1) is 19.8. The van der Waals surface area contributed by atoms with E-state index >= 15 is 0 Å². The van der Waals surface area contributed by atoms with E-state index in [9.17, 15) is 4.79 Å². The van der Waals surface area contributed by atoms with Gasteiger partial charge in [-0.05, 0) is 42.7 Å². The molecule has 1 aliphatic rings. The number of piperidine rings is 1. The third-order valence-electron chi connectivity index (χ3n) is 5.84. The second kappa shape index (κ2) is 8.94. The molecule has 0 saturated carbocycles. The third-order valence-corrected chi connectivity index (χ3v) is 7.09. The molecule has 4 aromatic rings. The average Bonchev–Trinajstić information content (AvgIpc) is 3.28. The third kappa shape index (κ3) is 4.21. The van der Waals surface area contributed by atoms with E-state index in [-0.39, 0.29) is 11.2 Å². The Hall–Kier alpha value is -3.12. The molecule has 0 bridgehead atoms. The Morgan fingerprint density at radius 1 is 0.871 bits per heavy atom. The highest BCUT2D eigenvalue weighted by Crippen LogP contribution is 2.38. The highest BCUT2D eigenvalue weighted by atomic mass is 32.2. The van der Waals surface area contributed by atoms with Gasteiger partial charge in [0.05, 0.1) is 0 Å². The summed E-state index contributed by atoms with van der Waals surface area (Å²) in [5.74, 6) is 1.50. The van der Waals surface area contributed by atoms with Gasteiger partial charge >= 0.3 is 0 Å². The molecule has 0 N–H and O–H groups in total. The number of fused-ring (bicyclic) bond motifs is 1. The number of carbonyl (C=O) groups excluding carboxylic acids is 1. The number of rotatable bonds is 5. The van der Waals surface area contributed by atoms with Gasteiger partial charge in [-0.1, -0.05) is 54.6 Å². The van der Waals surface area contributed by atoms with Crippen LogP contribution >= 0.6 is 11.8 Å². The molecule has 0 radical (unpaired) electrons. The number of aromatic nitrogens is 3. The molecular formula is C25H24N4OS. The molecule has 1 aliphatic heterocycles. The quantitative estimate of drug-likeness (QED) is 0.421. The lowest BCUT2D eigenvalue weighted by molar-refractivity contribution is -0.131. The van der Waals surface area contributed by atoms with Crippen molar-refractivity contribution in [1.29, 1.82) is 0 Å². The van der Waals surface area contributed by atoms with Gasteiger partial charge in [0.15, 0.2) is 5.65 Å². The molecule has 3 heterocycles. The first-order valence-corrected chi connectivity index (χ1v) is 11.5. The number of likely N-dealkylation sites (tertiary alicyclic amines) is 1. The lowest BCUT2D eigenvalue weighted by Gasteiger charge is -2.33. The summed E-state index contributed by atoms with van der Waals surface area (Å²) < 4.78 is 2.07. The van der Waals surface area contributed by atoms with Crippen LogP contribution in [0.25, 0.3) is 5.65 Å². The molecule has 0 spiro atoms. The van der Waals surface area contributed by atoms with Gasteiger partial charge in [-0.25, -0.2) is 0 Å². The van der Waals surface area contributed by atoms with Crippen LogP contribution < -0.4 is 0 Å². The molecular weight excluding hydrogens is 404 g/mol. The monoisotopic (exact) mass is 428 g/mol. The maximum absolute atomic E-state index is 13.6.